The normalized spacial score (nSPS) is 12.3. The summed E-state index contributed by atoms with van der Waals surface area (Å²) in [6.45, 7) is 4.17. The van der Waals surface area contributed by atoms with Gasteiger partial charge in [0.25, 0.3) is 5.91 Å². The third-order valence-corrected chi connectivity index (χ3v) is 3.71. The van der Waals surface area contributed by atoms with Crippen molar-refractivity contribution in [3.05, 3.63) is 35.5 Å². The van der Waals surface area contributed by atoms with Crippen molar-refractivity contribution in [1.82, 2.24) is 10.3 Å². The first-order valence-electron chi connectivity index (χ1n) is 7.10. The van der Waals surface area contributed by atoms with Gasteiger partial charge in [0.05, 0.1) is 5.56 Å². The Hall–Kier alpha value is -2.30. The Morgan fingerprint density at radius 1 is 1.33 bits per heavy atom. The molecule has 1 atom stereocenters. The number of carbonyl (C=O) groups is 2. The zero-order valence-electron chi connectivity index (χ0n) is 12.3. The van der Waals surface area contributed by atoms with Crippen molar-refractivity contribution in [3.8, 4) is 0 Å². The number of aromatic amines is 1. The molecule has 0 saturated carbocycles. The van der Waals surface area contributed by atoms with Gasteiger partial charge in [0, 0.05) is 29.6 Å². The van der Waals surface area contributed by atoms with Crippen molar-refractivity contribution in [3.63, 3.8) is 0 Å². The summed E-state index contributed by atoms with van der Waals surface area (Å²) in [6.07, 6.45) is 0.795. The van der Waals surface area contributed by atoms with E-state index in [2.05, 4.69) is 10.3 Å². The van der Waals surface area contributed by atoms with Crippen molar-refractivity contribution in [2.45, 2.75) is 26.7 Å². The molecule has 2 aromatic rings. The highest BCUT2D eigenvalue weighted by atomic mass is 16.4. The lowest BCUT2D eigenvalue weighted by Gasteiger charge is -2.13. The molecular formula is C16H20N2O3. The average molecular weight is 288 g/mol. The van der Waals surface area contributed by atoms with Crippen molar-refractivity contribution in [2.75, 3.05) is 6.54 Å². The Morgan fingerprint density at radius 3 is 2.71 bits per heavy atom. The predicted octanol–water partition coefficient (Wildman–Crippen LogP) is 2.71. The number of carbonyl (C=O) groups excluding carboxylic acids is 1. The predicted molar refractivity (Wildman–Crippen MR) is 81.4 cm³/mol. The fraction of sp³-hybridized carbons (Fsp3) is 0.375. The number of aromatic nitrogens is 1. The summed E-state index contributed by atoms with van der Waals surface area (Å²) in [5, 5.41) is 12.6. The first-order chi connectivity index (χ1) is 10.0. The van der Waals surface area contributed by atoms with Gasteiger partial charge in [0.2, 0.25) is 0 Å². The number of nitrogens with one attached hydrogen (secondary N) is 2. The summed E-state index contributed by atoms with van der Waals surface area (Å²) in [6, 6.07) is 7.65. The Labute approximate surface area is 123 Å². The smallest absolute Gasteiger partial charge is 0.303 e. The van der Waals surface area contributed by atoms with E-state index < -0.39 is 5.97 Å². The molecule has 0 aliphatic heterocycles. The zero-order chi connectivity index (χ0) is 15.4. The highest BCUT2D eigenvalue weighted by Crippen LogP contribution is 2.21. The van der Waals surface area contributed by atoms with Gasteiger partial charge in [-0.2, -0.15) is 0 Å². The number of fused-ring (bicyclic) bond motifs is 1. The fourth-order valence-corrected chi connectivity index (χ4v) is 2.50. The number of carboxylic acid groups (broad SMARTS) is 1. The molecule has 3 N–H and O–H groups in total. The average Bonchev–Trinajstić information content (AvgIpc) is 2.78. The maximum absolute atomic E-state index is 12.4. The second kappa shape index (κ2) is 6.43. The molecule has 0 spiro atoms. The van der Waals surface area contributed by atoms with Crippen LogP contribution in [0, 0.1) is 12.8 Å². The van der Waals surface area contributed by atoms with E-state index in [0.717, 1.165) is 23.0 Å². The minimum atomic E-state index is -0.834. The largest absolute Gasteiger partial charge is 0.481 e. The third-order valence-electron chi connectivity index (χ3n) is 3.71. The number of aliphatic carboxylic acids is 1. The van der Waals surface area contributed by atoms with Gasteiger partial charge in [-0.1, -0.05) is 31.5 Å². The molecule has 1 aromatic carbocycles. The van der Waals surface area contributed by atoms with E-state index in [1.165, 1.54) is 0 Å². The van der Waals surface area contributed by atoms with Crippen LogP contribution in [-0.2, 0) is 4.79 Å². The summed E-state index contributed by atoms with van der Waals surface area (Å²) >= 11 is 0. The van der Waals surface area contributed by atoms with Gasteiger partial charge >= 0.3 is 5.97 Å². The van der Waals surface area contributed by atoms with Gasteiger partial charge in [0.1, 0.15) is 0 Å². The van der Waals surface area contributed by atoms with Crippen LogP contribution >= 0.6 is 0 Å². The molecule has 0 aliphatic rings. The van der Waals surface area contributed by atoms with Crippen LogP contribution in [0.2, 0.25) is 0 Å². The molecule has 5 nitrogen and oxygen atoms in total. The molecule has 5 heteroatoms. The second-order valence-corrected chi connectivity index (χ2v) is 5.25. The Balaban J connectivity index is 2.12. The molecule has 0 aliphatic carbocycles. The highest BCUT2D eigenvalue weighted by molar-refractivity contribution is 6.08. The van der Waals surface area contributed by atoms with Gasteiger partial charge in [-0.3, -0.25) is 9.59 Å². The van der Waals surface area contributed by atoms with E-state index in [1.807, 2.05) is 38.1 Å². The maximum Gasteiger partial charge on any atom is 0.303 e. The number of benzene rings is 1. The van der Waals surface area contributed by atoms with Crippen molar-refractivity contribution in [1.29, 1.82) is 0 Å². The van der Waals surface area contributed by atoms with Crippen LogP contribution in [-0.4, -0.2) is 28.5 Å². The highest BCUT2D eigenvalue weighted by Gasteiger charge is 2.17. The molecule has 21 heavy (non-hydrogen) atoms. The van der Waals surface area contributed by atoms with Gasteiger partial charge in [-0.25, -0.2) is 0 Å². The minimum absolute atomic E-state index is 0.0445. The van der Waals surface area contributed by atoms with E-state index in [4.69, 9.17) is 5.11 Å². The maximum atomic E-state index is 12.4. The number of hydrogen-bond acceptors (Lipinski definition) is 2. The van der Waals surface area contributed by atoms with E-state index >= 15 is 0 Å². The van der Waals surface area contributed by atoms with Crippen LogP contribution in [0.25, 0.3) is 10.9 Å². The van der Waals surface area contributed by atoms with Crippen molar-refractivity contribution >= 4 is 22.8 Å². The molecular weight excluding hydrogens is 268 g/mol. The first-order valence-corrected chi connectivity index (χ1v) is 7.10. The van der Waals surface area contributed by atoms with E-state index in [1.54, 1.807) is 0 Å². The molecule has 112 valence electrons. The Morgan fingerprint density at radius 2 is 2.05 bits per heavy atom. The van der Waals surface area contributed by atoms with Gasteiger partial charge in [-0.05, 0) is 18.9 Å². The minimum Gasteiger partial charge on any atom is -0.481 e. The van der Waals surface area contributed by atoms with Crippen LogP contribution in [0.15, 0.2) is 24.3 Å². The quantitative estimate of drug-likeness (QED) is 0.764. The summed E-state index contributed by atoms with van der Waals surface area (Å²) in [4.78, 5) is 26.3. The summed E-state index contributed by atoms with van der Waals surface area (Å²) in [5.41, 5.74) is 2.38. The standard InChI is InChI=1S/C16H20N2O3/c1-3-11(8-14(19)20)9-17-16(21)15-10(2)18-13-7-5-4-6-12(13)15/h4-7,11,18H,3,8-9H2,1-2H3,(H,17,21)(H,19,20). The Kier molecular flexibility index (Phi) is 4.62. The SMILES string of the molecule is CCC(CNC(=O)c1c(C)[nH]c2ccccc12)CC(=O)O. The number of aryl methyl sites for hydroxylation is 1. The van der Waals surface area contributed by atoms with Gasteiger partial charge in [-0.15, -0.1) is 0 Å². The summed E-state index contributed by atoms with van der Waals surface area (Å²) in [7, 11) is 0. The van der Waals surface area contributed by atoms with Crippen LogP contribution < -0.4 is 5.32 Å². The molecule has 1 amide bonds. The molecule has 1 heterocycles. The Bertz CT molecular complexity index is 661. The summed E-state index contributed by atoms with van der Waals surface area (Å²) in [5.74, 6) is -1.04. The van der Waals surface area contributed by atoms with Gasteiger partial charge < -0.3 is 15.4 Å². The van der Waals surface area contributed by atoms with Crippen molar-refractivity contribution < 1.29 is 14.7 Å². The molecule has 0 saturated heterocycles. The van der Waals surface area contributed by atoms with E-state index in [-0.39, 0.29) is 18.2 Å². The van der Waals surface area contributed by atoms with Crippen LogP contribution in [0.5, 0.6) is 0 Å². The molecule has 2 rings (SSSR count). The lowest BCUT2D eigenvalue weighted by molar-refractivity contribution is -0.138. The number of rotatable bonds is 6. The van der Waals surface area contributed by atoms with Crippen molar-refractivity contribution in [2.24, 2.45) is 5.92 Å². The van der Waals surface area contributed by atoms with Gasteiger partial charge in [0.15, 0.2) is 0 Å². The number of hydrogen-bond donors (Lipinski definition) is 3. The van der Waals surface area contributed by atoms with Crippen LogP contribution in [0.3, 0.4) is 0 Å². The molecule has 0 fully saturated rings. The number of H-pyrrole nitrogens is 1. The topological polar surface area (TPSA) is 82.2 Å². The zero-order valence-corrected chi connectivity index (χ0v) is 12.3. The first kappa shape index (κ1) is 15.1. The molecule has 0 bridgehead atoms. The van der Waals surface area contributed by atoms with E-state index in [9.17, 15) is 9.59 Å². The van der Waals surface area contributed by atoms with Crippen LogP contribution in [0.4, 0.5) is 0 Å². The summed E-state index contributed by atoms with van der Waals surface area (Å²) < 4.78 is 0. The van der Waals surface area contributed by atoms with E-state index in [0.29, 0.717) is 12.1 Å². The third kappa shape index (κ3) is 3.42. The van der Waals surface area contributed by atoms with Crippen LogP contribution in [0.1, 0.15) is 35.8 Å². The number of para-hydroxylation sites is 1. The number of amides is 1. The number of carboxylic acids is 1. The second-order valence-electron chi connectivity index (χ2n) is 5.25. The monoisotopic (exact) mass is 288 g/mol. The molecule has 1 unspecified atom stereocenters. The molecule has 1 aromatic heterocycles. The lowest BCUT2D eigenvalue weighted by Crippen LogP contribution is -2.30. The molecule has 0 radical (unpaired) electrons. The lowest BCUT2D eigenvalue weighted by atomic mass is 10.0. The fourth-order valence-electron chi connectivity index (χ4n) is 2.50.